The van der Waals surface area contributed by atoms with Gasteiger partial charge in [-0.05, 0) is 30.0 Å². The van der Waals surface area contributed by atoms with Gasteiger partial charge in [0.25, 0.3) is 5.91 Å². The third-order valence-corrected chi connectivity index (χ3v) is 6.63. The van der Waals surface area contributed by atoms with Crippen LogP contribution in [-0.4, -0.2) is 37.7 Å². The fraction of sp³-hybridized carbons (Fsp3) is 0.0435. The largest absolute Gasteiger partial charge is 0.282 e. The SMILES string of the molecule is C=CCN1C(=O)/C(=C/c2cn[nH]c2-c2ccccc2)S/C1=N/c1nc2ccccc2s1. The van der Waals surface area contributed by atoms with Gasteiger partial charge in [0.2, 0.25) is 5.13 Å². The molecule has 4 aromatic rings. The van der Waals surface area contributed by atoms with Gasteiger partial charge in [0.15, 0.2) is 5.17 Å². The molecule has 152 valence electrons. The van der Waals surface area contributed by atoms with E-state index in [9.17, 15) is 4.79 Å². The van der Waals surface area contributed by atoms with Gasteiger partial charge in [-0.25, -0.2) is 4.98 Å². The highest BCUT2D eigenvalue weighted by Gasteiger charge is 2.33. The molecule has 0 atom stereocenters. The Labute approximate surface area is 187 Å². The zero-order chi connectivity index (χ0) is 21.2. The van der Waals surface area contributed by atoms with Gasteiger partial charge in [-0.2, -0.15) is 10.1 Å². The molecular weight excluding hydrogens is 426 g/mol. The fourth-order valence-corrected chi connectivity index (χ4v) is 5.13. The second kappa shape index (κ2) is 8.33. The molecule has 0 radical (unpaired) electrons. The maximum Gasteiger partial charge on any atom is 0.267 e. The smallest absolute Gasteiger partial charge is 0.267 e. The lowest BCUT2D eigenvalue weighted by Gasteiger charge is -2.11. The predicted octanol–water partition coefficient (Wildman–Crippen LogP) is 5.48. The number of H-pyrrole nitrogens is 1. The highest BCUT2D eigenvalue weighted by atomic mass is 32.2. The number of aliphatic imine (C=N–C) groups is 1. The van der Waals surface area contributed by atoms with Crippen LogP contribution in [0, 0.1) is 0 Å². The lowest BCUT2D eigenvalue weighted by Crippen LogP contribution is -2.29. The van der Waals surface area contributed by atoms with Gasteiger partial charge in [-0.3, -0.25) is 14.8 Å². The third-order valence-electron chi connectivity index (χ3n) is 4.69. The number of rotatable bonds is 5. The standard InChI is InChI=1S/C23H17N5OS2/c1-2-12-28-21(29)19(13-16-14-24-27-20(16)15-8-4-3-5-9-15)31-23(28)26-22-25-17-10-6-7-11-18(17)30-22/h2-11,13-14H,1,12H2,(H,24,27)/b19-13-,26-23+. The number of amidine groups is 1. The second-order valence-electron chi connectivity index (χ2n) is 6.74. The predicted molar refractivity (Wildman–Crippen MR) is 128 cm³/mol. The quantitative estimate of drug-likeness (QED) is 0.328. The van der Waals surface area contributed by atoms with Crippen molar-refractivity contribution < 1.29 is 4.79 Å². The summed E-state index contributed by atoms with van der Waals surface area (Å²) in [5, 5.41) is 8.43. The maximum absolute atomic E-state index is 13.1. The number of hydrogen-bond donors (Lipinski definition) is 1. The topological polar surface area (TPSA) is 74.2 Å². The van der Waals surface area contributed by atoms with Crippen LogP contribution in [0.5, 0.6) is 0 Å². The first-order chi connectivity index (χ1) is 15.2. The summed E-state index contributed by atoms with van der Waals surface area (Å²) in [6.45, 7) is 4.16. The number of thiazole rings is 1. The van der Waals surface area contributed by atoms with E-state index in [2.05, 4.69) is 26.8 Å². The number of hydrogen-bond acceptors (Lipinski definition) is 6. The number of benzene rings is 2. The monoisotopic (exact) mass is 443 g/mol. The Morgan fingerprint density at radius 2 is 1.94 bits per heavy atom. The second-order valence-corrected chi connectivity index (χ2v) is 8.76. The van der Waals surface area contributed by atoms with Gasteiger partial charge in [-0.1, -0.05) is 59.9 Å². The summed E-state index contributed by atoms with van der Waals surface area (Å²) in [5.74, 6) is -0.107. The van der Waals surface area contributed by atoms with Gasteiger partial charge in [0.05, 0.1) is 27.0 Å². The van der Waals surface area contributed by atoms with E-state index in [1.165, 1.54) is 23.1 Å². The van der Waals surface area contributed by atoms with Crippen LogP contribution in [0.2, 0.25) is 0 Å². The molecule has 1 N–H and O–H groups in total. The van der Waals surface area contributed by atoms with E-state index in [4.69, 9.17) is 0 Å². The number of amides is 1. The molecule has 0 aliphatic carbocycles. The molecule has 31 heavy (non-hydrogen) atoms. The Bertz CT molecular complexity index is 1300. The number of carbonyl (C=O) groups excluding carboxylic acids is 1. The molecule has 1 amide bonds. The highest BCUT2D eigenvalue weighted by Crippen LogP contribution is 2.37. The first kappa shape index (κ1) is 19.5. The molecule has 0 saturated carbocycles. The number of nitrogens with zero attached hydrogens (tertiary/aromatic N) is 4. The number of para-hydroxylation sites is 1. The first-order valence-electron chi connectivity index (χ1n) is 9.58. The van der Waals surface area contributed by atoms with E-state index in [1.54, 1.807) is 17.2 Å². The molecule has 1 saturated heterocycles. The summed E-state index contributed by atoms with van der Waals surface area (Å²) in [5.41, 5.74) is 3.63. The average molecular weight is 444 g/mol. The van der Waals surface area contributed by atoms with Crippen molar-refractivity contribution in [3.05, 3.63) is 83.9 Å². The Morgan fingerprint density at radius 3 is 2.74 bits per heavy atom. The van der Waals surface area contributed by atoms with Gasteiger partial charge in [-0.15, -0.1) is 6.58 Å². The molecule has 3 heterocycles. The van der Waals surface area contributed by atoms with Gasteiger partial charge in [0, 0.05) is 17.7 Å². The van der Waals surface area contributed by atoms with Gasteiger partial charge in [0.1, 0.15) is 0 Å². The summed E-state index contributed by atoms with van der Waals surface area (Å²) >= 11 is 2.84. The molecule has 0 spiro atoms. The number of thioether (sulfide) groups is 1. The van der Waals surface area contributed by atoms with E-state index < -0.39 is 0 Å². The molecule has 2 aromatic heterocycles. The van der Waals surface area contributed by atoms with Crippen molar-refractivity contribution in [2.45, 2.75) is 0 Å². The summed E-state index contributed by atoms with van der Waals surface area (Å²) in [7, 11) is 0. The van der Waals surface area contributed by atoms with Crippen LogP contribution in [-0.2, 0) is 4.79 Å². The van der Waals surface area contributed by atoms with Crippen LogP contribution in [0.1, 0.15) is 5.56 Å². The number of aromatic amines is 1. The number of fused-ring (bicyclic) bond motifs is 1. The van der Waals surface area contributed by atoms with Gasteiger partial charge < -0.3 is 0 Å². The summed E-state index contributed by atoms with van der Waals surface area (Å²) in [6.07, 6.45) is 5.28. The Balaban J connectivity index is 1.51. The van der Waals surface area contributed by atoms with Crippen molar-refractivity contribution in [2.75, 3.05) is 6.54 Å². The third kappa shape index (κ3) is 3.83. The van der Waals surface area contributed by atoms with Crippen molar-refractivity contribution in [1.82, 2.24) is 20.1 Å². The molecule has 1 aliphatic rings. The first-order valence-corrected chi connectivity index (χ1v) is 11.2. The molecule has 2 aromatic carbocycles. The van der Waals surface area contributed by atoms with E-state index in [1.807, 2.05) is 60.7 Å². The number of carbonyl (C=O) groups is 1. The molecule has 6 nitrogen and oxygen atoms in total. The molecule has 0 bridgehead atoms. The van der Waals surface area contributed by atoms with Crippen LogP contribution < -0.4 is 0 Å². The zero-order valence-corrected chi connectivity index (χ0v) is 18.0. The fourth-order valence-electron chi connectivity index (χ4n) is 3.25. The average Bonchev–Trinajstić information content (AvgIpc) is 3.49. The van der Waals surface area contributed by atoms with Crippen molar-refractivity contribution in [3.8, 4) is 11.3 Å². The highest BCUT2D eigenvalue weighted by molar-refractivity contribution is 8.18. The minimum absolute atomic E-state index is 0.107. The van der Waals surface area contributed by atoms with Crippen LogP contribution >= 0.6 is 23.1 Å². The van der Waals surface area contributed by atoms with Crippen molar-refractivity contribution in [2.24, 2.45) is 4.99 Å². The maximum atomic E-state index is 13.1. The van der Waals surface area contributed by atoms with Crippen LogP contribution in [0.4, 0.5) is 5.13 Å². The van der Waals surface area contributed by atoms with E-state index >= 15 is 0 Å². The van der Waals surface area contributed by atoms with Crippen LogP contribution in [0.25, 0.3) is 27.6 Å². The summed E-state index contributed by atoms with van der Waals surface area (Å²) in [4.78, 5) is 24.6. The summed E-state index contributed by atoms with van der Waals surface area (Å²) in [6, 6.07) is 17.8. The molecular formula is C23H17N5OS2. The Morgan fingerprint density at radius 1 is 1.13 bits per heavy atom. The molecule has 1 fully saturated rings. The molecule has 5 rings (SSSR count). The minimum Gasteiger partial charge on any atom is -0.282 e. The minimum atomic E-state index is -0.107. The van der Waals surface area contributed by atoms with Crippen molar-refractivity contribution in [1.29, 1.82) is 0 Å². The van der Waals surface area contributed by atoms with E-state index in [0.717, 1.165) is 27.0 Å². The normalized spacial score (nSPS) is 16.6. The number of nitrogens with one attached hydrogen (secondary N) is 1. The van der Waals surface area contributed by atoms with Crippen LogP contribution in [0.3, 0.4) is 0 Å². The number of aromatic nitrogens is 3. The zero-order valence-electron chi connectivity index (χ0n) is 16.4. The van der Waals surface area contributed by atoms with Crippen molar-refractivity contribution in [3.63, 3.8) is 0 Å². The molecule has 8 heteroatoms. The Kier molecular flexibility index (Phi) is 5.23. The summed E-state index contributed by atoms with van der Waals surface area (Å²) < 4.78 is 1.06. The molecule has 0 unspecified atom stereocenters. The lowest BCUT2D eigenvalue weighted by molar-refractivity contribution is -0.121. The van der Waals surface area contributed by atoms with Crippen LogP contribution in [0.15, 0.2) is 83.3 Å². The van der Waals surface area contributed by atoms with Gasteiger partial charge >= 0.3 is 0 Å². The van der Waals surface area contributed by atoms with E-state index in [0.29, 0.717) is 21.7 Å². The lowest BCUT2D eigenvalue weighted by atomic mass is 10.1. The van der Waals surface area contributed by atoms with Crippen molar-refractivity contribution >= 4 is 55.6 Å². The van der Waals surface area contributed by atoms with E-state index in [-0.39, 0.29) is 5.91 Å². The molecule has 1 aliphatic heterocycles. The Hall–Kier alpha value is -3.49.